The second-order valence-electron chi connectivity index (χ2n) is 6.33. The molecule has 1 N–H and O–H groups in total. The van der Waals surface area contributed by atoms with Crippen LogP contribution in [-0.4, -0.2) is 17.6 Å². The molecular formula is C18H30N2O. The van der Waals surface area contributed by atoms with Gasteiger partial charge >= 0.3 is 0 Å². The van der Waals surface area contributed by atoms with E-state index in [2.05, 4.69) is 37.1 Å². The van der Waals surface area contributed by atoms with E-state index in [4.69, 9.17) is 4.74 Å². The maximum Gasteiger partial charge on any atom is 0.218 e. The molecule has 1 heterocycles. The SMILES string of the molecule is CCNCc1c(C)cc(C)nc1OC1CCCC(CC)C1. The van der Waals surface area contributed by atoms with Crippen molar-refractivity contribution in [2.75, 3.05) is 6.54 Å². The second-order valence-corrected chi connectivity index (χ2v) is 6.33. The number of aryl methyl sites for hydroxylation is 2. The lowest BCUT2D eigenvalue weighted by Gasteiger charge is -2.29. The van der Waals surface area contributed by atoms with Crippen molar-refractivity contribution in [3.63, 3.8) is 0 Å². The molecule has 1 aliphatic rings. The highest BCUT2D eigenvalue weighted by molar-refractivity contribution is 5.36. The van der Waals surface area contributed by atoms with Gasteiger partial charge in [0.2, 0.25) is 5.88 Å². The molecule has 118 valence electrons. The lowest BCUT2D eigenvalue weighted by atomic mass is 9.85. The number of nitrogens with one attached hydrogen (secondary N) is 1. The summed E-state index contributed by atoms with van der Waals surface area (Å²) in [5.74, 6) is 1.68. The van der Waals surface area contributed by atoms with Crippen LogP contribution in [0, 0.1) is 19.8 Å². The van der Waals surface area contributed by atoms with Gasteiger partial charge in [-0.2, -0.15) is 0 Å². The smallest absolute Gasteiger partial charge is 0.218 e. The molecule has 2 unspecified atom stereocenters. The predicted molar refractivity (Wildman–Crippen MR) is 87.8 cm³/mol. The van der Waals surface area contributed by atoms with Crippen molar-refractivity contribution in [2.45, 2.75) is 72.4 Å². The molecule has 3 nitrogen and oxygen atoms in total. The summed E-state index contributed by atoms with van der Waals surface area (Å²) < 4.78 is 6.33. The highest BCUT2D eigenvalue weighted by Gasteiger charge is 2.23. The normalized spacial score (nSPS) is 22.3. The minimum absolute atomic E-state index is 0.345. The van der Waals surface area contributed by atoms with Crippen LogP contribution in [0.1, 0.15) is 62.8 Å². The van der Waals surface area contributed by atoms with Crippen LogP contribution in [0.25, 0.3) is 0 Å². The monoisotopic (exact) mass is 290 g/mol. The molecule has 0 bridgehead atoms. The minimum atomic E-state index is 0.345. The molecule has 2 atom stereocenters. The Morgan fingerprint density at radius 1 is 1.29 bits per heavy atom. The van der Waals surface area contributed by atoms with Gasteiger partial charge in [-0.3, -0.25) is 0 Å². The molecule has 1 saturated carbocycles. The molecule has 3 heteroatoms. The summed E-state index contributed by atoms with van der Waals surface area (Å²) in [4.78, 5) is 4.67. The summed E-state index contributed by atoms with van der Waals surface area (Å²) in [5.41, 5.74) is 3.55. The summed E-state index contributed by atoms with van der Waals surface area (Å²) in [7, 11) is 0. The molecule has 21 heavy (non-hydrogen) atoms. The van der Waals surface area contributed by atoms with Gasteiger partial charge in [0.25, 0.3) is 0 Å². The van der Waals surface area contributed by atoms with Crippen molar-refractivity contribution in [1.29, 1.82) is 0 Å². The van der Waals surface area contributed by atoms with Crippen LogP contribution >= 0.6 is 0 Å². The highest BCUT2D eigenvalue weighted by atomic mass is 16.5. The molecule has 0 amide bonds. The first-order valence-electron chi connectivity index (χ1n) is 8.48. The van der Waals surface area contributed by atoms with E-state index in [1.165, 1.54) is 43.2 Å². The minimum Gasteiger partial charge on any atom is -0.474 e. The quantitative estimate of drug-likeness (QED) is 0.854. The lowest BCUT2D eigenvalue weighted by molar-refractivity contribution is 0.115. The zero-order chi connectivity index (χ0) is 15.2. The fourth-order valence-corrected chi connectivity index (χ4v) is 3.27. The van der Waals surface area contributed by atoms with Crippen molar-refractivity contribution in [2.24, 2.45) is 5.92 Å². The summed E-state index contributed by atoms with van der Waals surface area (Å²) in [6.45, 7) is 10.4. The summed E-state index contributed by atoms with van der Waals surface area (Å²) in [5, 5.41) is 3.40. The maximum absolute atomic E-state index is 6.33. The molecule has 0 radical (unpaired) electrons. The van der Waals surface area contributed by atoms with Crippen LogP contribution in [0.5, 0.6) is 5.88 Å². The zero-order valence-electron chi connectivity index (χ0n) is 14.0. The van der Waals surface area contributed by atoms with E-state index in [0.717, 1.165) is 30.6 Å². The van der Waals surface area contributed by atoms with Crippen LogP contribution in [0.3, 0.4) is 0 Å². The van der Waals surface area contributed by atoms with Crippen molar-refractivity contribution in [3.05, 3.63) is 22.9 Å². The van der Waals surface area contributed by atoms with E-state index in [0.29, 0.717) is 6.10 Å². The second kappa shape index (κ2) is 7.79. The van der Waals surface area contributed by atoms with Crippen LogP contribution in [-0.2, 0) is 6.54 Å². The third kappa shape index (κ3) is 4.44. The number of hydrogen-bond donors (Lipinski definition) is 1. The van der Waals surface area contributed by atoms with Crippen molar-refractivity contribution >= 4 is 0 Å². The molecule has 1 fully saturated rings. The van der Waals surface area contributed by atoms with Crippen LogP contribution in [0.4, 0.5) is 0 Å². The number of aromatic nitrogens is 1. The molecule has 2 rings (SSSR count). The fourth-order valence-electron chi connectivity index (χ4n) is 3.27. The molecule has 1 aromatic heterocycles. The van der Waals surface area contributed by atoms with E-state index >= 15 is 0 Å². The van der Waals surface area contributed by atoms with Gasteiger partial charge in [0.15, 0.2) is 0 Å². The van der Waals surface area contributed by atoms with E-state index < -0.39 is 0 Å². The van der Waals surface area contributed by atoms with Crippen LogP contribution in [0.15, 0.2) is 6.07 Å². The van der Waals surface area contributed by atoms with E-state index in [-0.39, 0.29) is 0 Å². The largest absolute Gasteiger partial charge is 0.474 e. The summed E-state index contributed by atoms with van der Waals surface area (Å²) in [6.07, 6.45) is 6.62. The lowest BCUT2D eigenvalue weighted by Crippen LogP contribution is -2.26. The average Bonchev–Trinajstić information content (AvgIpc) is 2.46. The third-order valence-electron chi connectivity index (χ3n) is 4.58. The van der Waals surface area contributed by atoms with Crippen molar-refractivity contribution < 1.29 is 4.74 Å². The molecule has 0 aliphatic heterocycles. The van der Waals surface area contributed by atoms with E-state index in [1.807, 2.05) is 6.92 Å². The molecule has 0 saturated heterocycles. The fraction of sp³-hybridized carbons (Fsp3) is 0.722. The Labute approximate surface area is 129 Å². The van der Waals surface area contributed by atoms with Crippen LogP contribution in [0.2, 0.25) is 0 Å². The van der Waals surface area contributed by atoms with Gasteiger partial charge in [-0.25, -0.2) is 4.98 Å². The number of rotatable bonds is 6. The van der Waals surface area contributed by atoms with Gasteiger partial charge in [0, 0.05) is 17.8 Å². The van der Waals surface area contributed by atoms with Crippen molar-refractivity contribution in [3.8, 4) is 5.88 Å². The maximum atomic E-state index is 6.33. The van der Waals surface area contributed by atoms with Crippen LogP contribution < -0.4 is 10.1 Å². The van der Waals surface area contributed by atoms with Gasteiger partial charge < -0.3 is 10.1 Å². The van der Waals surface area contributed by atoms with Gasteiger partial charge in [-0.1, -0.05) is 26.7 Å². The van der Waals surface area contributed by atoms with E-state index in [1.54, 1.807) is 0 Å². The molecule has 0 spiro atoms. The van der Waals surface area contributed by atoms with Gasteiger partial charge in [0.05, 0.1) is 0 Å². The molecule has 1 aliphatic carbocycles. The van der Waals surface area contributed by atoms with Crippen molar-refractivity contribution in [1.82, 2.24) is 10.3 Å². The Kier molecular flexibility index (Phi) is 6.04. The Balaban J connectivity index is 2.13. The van der Waals surface area contributed by atoms with Gasteiger partial charge in [0.1, 0.15) is 6.10 Å². The third-order valence-corrected chi connectivity index (χ3v) is 4.58. The number of pyridine rings is 1. The highest BCUT2D eigenvalue weighted by Crippen LogP contribution is 2.31. The Morgan fingerprint density at radius 2 is 2.10 bits per heavy atom. The first-order valence-corrected chi connectivity index (χ1v) is 8.48. The van der Waals surface area contributed by atoms with E-state index in [9.17, 15) is 0 Å². The molecular weight excluding hydrogens is 260 g/mol. The first kappa shape index (κ1) is 16.3. The molecule has 1 aromatic rings. The number of hydrogen-bond acceptors (Lipinski definition) is 3. The Hall–Kier alpha value is -1.09. The zero-order valence-corrected chi connectivity index (χ0v) is 14.0. The standard InChI is InChI=1S/C18H30N2O/c1-5-15-8-7-9-16(11-15)21-18-17(12-19-6-2)13(3)10-14(4)20-18/h10,15-16,19H,5-9,11-12H2,1-4H3. The van der Waals surface area contributed by atoms with Gasteiger partial charge in [-0.15, -0.1) is 0 Å². The topological polar surface area (TPSA) is 34.2 Å². The first-order chi connectivity index (χ1) is 10.1. The number of ether oxygens (including phenoxy) is 1. The van der Waals surface area contributed by atoms with Gasteiger partial charge in [-0.05, 0) is 57.2 Å². The Morgan fingerprint density at radius 3 is 2.81 bits per heavy atom. The molecule has 0 aromatic carbocycles. The summed E-state index contributed by atoms with van der Waals surface area (Å²) in [6, 6.07) is 2.15. The summed E-state index contributed by atoms with van der Waals surface area (Å²) >= 11 is 0. The number of nitrogens with zero attached hydrogens (tertiary/aromatic N) is 1. The Bertz CT molecular complexity index is 459. The average molecular weight is 290 g/mol. The predicted octanol–water partition coefficient (Wildman–Crippen LogP) is 4.16.